The molecule has 3 nitrogen and oxygen atoms in total. The molecule has 0 saturated carbocycles. The smallest absolute Gasteiger partial charge is 0.169 e. The summed E-state index contributed by atoms with van der Waals surface area (Å²) in [4.78, 5) is 0. The summed E-state index contributed by atoms with van der Waals surface area (Å²) < 4.78 is 2.25. The number of rotatable bonds is 4. The van der Waals surface area contributed by atoms with Crippen LogP contribution < -0.4 is 0 Å². The Morgan fingerprint density at radius 2 is 1.37 bits per heavy atom. The van der Waals surface area contributed by atoms with Crippen molar-refractivity contribution >= 4 is 0 Å². The Morgan fingerprint density at radius 1 is 0.700 bits per heavy atom. The summed E-state index contributed by atoms with van der Waals surface area (Å²) in [6.45, 7) is 13.0. The minimum absolute atomic E-state index is 0.880. The van der Waals surface area contributed by atoms with Crippen molar-refractivity contribution < 1.29 is 0 Å². The van der Waals surface area contributed by atoms with E-state index in [4.69, 9.17) is 5.10 Å². The monoisotopic (exact) mass is 395 g/mol. The zero-order chi connectivity index (χ0) is 21.4. The maximum atomic E-state index is 4.71. The van der Waals surface area contributed by atoms with E-state index < -0.39 is 0 Å². The highest BCUT2D eigenvalue weighted by Gasteiger charge is 2.21. The molecule has 4 rings (SSSR count). The molecular weight excluding hydrogens is 366 g/mol. The average Bonchev–Trinajstić information content (AvgIpc) is 3.13. The molecule has 0 saturated heterocycles. The first-order valence-corrected chi connectivity index (χ1v) is 10.6. The van der Waals surface area contributed by atoms with Crippen LogP contribution in [0.4, 0.5) is 0 Å². The van der Waals surface area contributed by atoms with E-state index in [0.717, 1.165) is 29.2 Å². The van der Waals surface area contributed by atoms with Crippen molar-refractivity contribution in [3.63, 3.8) is 0 Å². The Hall–Kier alpha value is -3.20. The maximum Gasteiger partial charge on any atom is 0.169 e. The third-order valence-electron chi connectivity index (χ3n) is 5.76. The normalized spacial score (nSPS) is 11.1. The minimum atomic E-state index is 0.880. The van der Waals surface area contributed by atoms with E-state index in [1.807, 2.05) is 0 Å². The van der Waals surface area contributed by atoms with Gasteiger partial charge in [-0.25, -0.2) is 0 Å². The summed E-state index contributed by atoms with van der Waals surface area (Å²) in [5.41, 5.74) is 10.8. The van der Waals surface area contributed by atoms with Gasteiger partial charge in [0.1, 0.15) is 0 Å². The summed E-state index contributed by atoms with van der Waals surface area (Å²) in [6, 6.07) is 19.6. The van der Waals surface area contributed by atoms with Gasteiger partial charge in [-0.15, -0.1) is 10.2 Å². The van der Waals surface area contributed by atoms with Gasteiger partial charge >= 0.3 is 0 Å². The number of hydrogen-bond donors (Lipinski definition) is 0. The molecule has 1 heterocycles. The number of benzene rings is 3. The van der Waals surface area contributed by atoms with Crippen molar-refractivity contribution in [2.45, 2.75) is 48.0 Å². The third kappa shape index (κ3) is 3.56. The van der Waals surface area contributed by atoms with E-state index in [1.165, 1.54) is 39.1 Å². The highest BCUT2D eigenvalue weighted by molar-refractivity contribution is 5.71. The number of aryl methyl sites for hydroxylation is 6. The topological polar surface area (TPSA) is 30.7 Å². The summed E-state index contributed by atoms with van der Waals surface area (Å²) in [6.07, 6.45) is 1.03. The largest absolute Gasteiger partial charge is 0.274 e. The summed E-state index contributed by atoms with van der Waals surface area (Å²) in [5, 5.41) is 9.40. The van der Waals surface area contributed by atoms with Crippen LogP contribution in [0.25, 0.3) is 28.5 Å². The quantitative estimate of drug-likeness (QED) is 0.385. The van der Waals surface area contributed by atoms with Crippen LogP contribution >= 0.6 is 0 Å². The molecule has 0 unspecified atom stereocenters. The number of nitrogens with zero attached hydrogens (tertiary/aromatic N) is 3. The lowest BCUT2D eigenvalue weighted by atomic mass is 10.0. The van der Waals surface area contributed by atoms with Crippen molar-refractivity contribution in [1.29, 1.82) is 0 Å². The van der Waals surface area contributed by atoms with Crippen molar-refractivity contribution in [2.75, 3.05) is 0 Å². The SMILES string of the molecule is CCc1cc(C)c(-n2c(-c3cccc(C)c3)nnc2-c2cc(C)ccc2C)c(C)c1. The average molecular weight is 396 g/mol. The fraction of sp³-hybridized carbons (Fsp3) is 0.259. The second kappa shape index (κ2) is 7.91. The second-order valence-corrected chi connectivity index (χ2v) is 8.30. The predicted octanol–water partition coefficient (Wildman–Crippen LogP) is 6.71. The van der Waals surface area contributed by atoms with E-state index in [0.29, 0.717) is 0 Å². The van der Waals surface area contributed by atoms with Gasteiger partial charge in [-0.2, -0.15) is 0 Å². The molecule has 0 N–H and O–H groups in total. The van der Waals surface area contributed by atoms with E-state index in [-0.39, 0.29) is 0 Å². The summed E-state index contributed by atoms with van der Waals surface area (Å²) in [7, 11) is 0. The molecular formula is C27H29N3. The van der Waals surface area contributed by atoms with Gasteiger partial charge in [0, 0.05) is 11.1 Å². The standard InChI is InChI=1S/C27H29N3/c1-7-22-15-20(5)25(21(6)16-22)30-26(23-10-8-9-17(2)13-23)28-29-27(30)24-14-18(3)11-12-19(24)4/h8-16H,7H2,1-6H3. The van der Waals surface area contributed by atoms with E-state index >= 15 is 0 Å². The number of aromatic nitrogens is 3. The molecule has 0 bridgehead atoms. The molecule has 0 atom stereocenters. The first-order chi connectivity index (χ1) is 14.4. The van der Waals surface area contributed by atoms with Crippen LogP contribution in [0.1, 0.15) is 40.3 Å². The Morgan fingerprint density at radius 3 is 2.03 bits per heavy atom. The molecule has 1 aromatic heterocycles. The van der Waals surface area contributed by atoms with E-state index in [2.05, 4.69) is 106 Å². The van der Waals surface area contributed by atoms with Gasteiger partial charge in [-0.05, 0) is 75.4 Å². The van der Waals surface area contributed by atoms with Crippen molar-refractivity contribution in [3.05, 3.63) is 88.0 Å². The zero-order valence-corrected chi connectivity index (χ0v) is 18.7. The van der Waals surface area contributed by atoms with Gasteiger partial charge in [0.25, 0.3) is 0 Å². The molecule has 3 aromatic carbocycles. The van der Waals surface area contributed by atoms with E-state index in [1.54, 1.807) is 0 Å². The lowest BCUT2D eigenvalue weighted by Gasteiger charge is -2.18. The first-order valence-electron chi connectivity index (χ1n) is 10.6. The molecule has 0 fully saturated rings. The lowest BCUT2D eigenvalue weighted by Crippen LogP contribution is -2.06. The highest BCUT2D eigenvalue weighted by atomic mass is 15.3. The molecule has 30 heavy (non-hydrogen) atoms. The Balaban J connectivity index is 2.07. The first kappa shape index (κ1) is 20.1. The second-order valence-electron chi connectivity index (χ2n) is 8.30. The minimum Gasteiger partial charge on any atom is -0.274 e. The highest BCUT2D eigenvalue weighted by Crippen LogP contribution is 2.34. The van der Waals surface area contributed by atoms with Gasteiger partial charge in [0.15, 0.2) is 11.6 Å². The molecule has 0 radical (unpaired) electrons. The van der Waals surface area contributed by atoms with Crippen LogP contribution in [0.2, 0.25) is 0 Å². The van der Waals surface area contributed by atoms with Gasteiger partial charge in [-0.3, -0.25) is 4.57 Å². The Bertz CT molecular complexity index is 1210. The molecule has 3 heteroatoms. The molecule has 0 aliphatic rings. The summed E-state index contributed by atoms with van der Waals surface area (Å²) >= 11 is 0. The molecule has 0 aliphatic carbocycles. The van der Waals surface area contributed by atoms with Crippen LogP contribution in [-0.2, 0) is 6.42 Å². The van der Waals surface area contributed by atoms with Crippen LogP contribution in [0.5, 0.6) is 0 Å². The zero-order valence-electron chi connectivity index (χ0n) is 18.7. The maximum absolute atomic E-state index is 4.71. The lowest BCUT2D eigenvalue weighted by molar-refractivity contribution is 1.02. The van der Waals surface area contributed by atoms with Crippen molar-refractivity contribution in [2.24, 2.45) is 0 Å². The predicted molar refractivity (Wildman–Crippen MR) is 125 cm³/mol. The fourth-order valence-electron chi connectivity index (χ4n) is 4.22. The number of hydrogen-bond acceptors (Lipinski definition) is 2. The van der Waals surface area contributed by atoms with Crippen LogP contribution in [0.3, 0.4) is 0 Å². The fourth-order valence-corrected chi connectivity index (χ4v) is 4.22. The summed E-state index contributed by atoms with van der Waals surface area (Å²) in [5.74, 6) is 1.77. The molecule has 0 spiro atoms. The van der Waals surface area contributed by atoms with Gasteiger partial charge in [-0.1, -0.05) is 60.5 Å². The molecule has 4 aromatic rings. The third-order valence-corrected chi connectivity index (χ3v) is 5.76. The Labute approximate surface area is 179 Å². The van der Waals surface area contributed by atoms with Crippen LogP contribution in [-0.4, -0.2) is 14.8 Å². The molecule has 0 amide bonds. The molecule has 0 aliphatic heterocycles. The van der Waals surface area contributed by atoms with Crippen molar-refractivity contribution in [1.82, 2.24) is 14.8 Å². The van der Waals surface area contributed by atoms with Crippen LogP contribution in [0.15, 0.2) is 54.6 Å². The van der Waals surface area contributed by atoms with Gasteiger partial charge in [0.05, 0.1) is 5.69 Å². The van der Waals surface area contributed by atoms with Crippen LogP contribution in [0, 0.1) is 34.6 Å². The van der Waals surface area contributed by atoms with Crippen molar-refractivity contribution in [3.8, 4) is 28.5 Å². The Kier molecular flexibility index (Phi) is 5.29. The van der Waals surface area contributed by atoms with Gasteiger partial charge in [0.2, 0.25) is 0 Å². The molecule has 152 valence electrons. The van der Waals surface area contributed by atoms with Gasteiger partial charge < -0.3 is 0 Å². The van der Waals surface area contributed by atoms with E-state index in [9.17, 15) is 0 Å².